The Kier molecular flexibility index (Phi) is 5.23. The first-order chi connectivity index (χ1) is 13.2. The van der Waals surface area contributed by atoms with Crippen LogP contribution < -0.4 is 5.32 Å². The van der Waals surface area contributed by atoms with Crippen molar-refractivity contribution in [3.05, 3.63) is 56.4 Å². The number of alkyl halides is 2. The second-order valence-electron chi connectivity index (χ2n) is 6.06. The number of anilines is 1. The summed E-state index contributed by atoms with van der Waals surface area (Å²) < 4.78 is 27.9. The van der Waals surface area contributed by atoms with Crippen LogP contribution in [0.2, 0.25) is 5.02 Å². The fourth-order valence-electron chi connectivity index (χ4n) is 2.84. The number of fused-ring (bicyclic) bond motifs is 1. The maximum Gasteiger partial charge on any atom is 0.271 e. The molecule has 0 radical (unpaired) electrons. The van der Waals surface area contributed by atoms with E-state index in [-0.39, 0.29) is 39.5 Å². The summed E-state index contributed by atoms with van der Waals surface area (Å²) in [7, 11) is 0. The van der Waals surface area contributed by atoms with Crippen molar-refractivity contribution < 1.29 is 18.5 Å². The van der Waals surface area contributed by atoms with Crippen LogP contribution in [-0.4, -0.2) is 25.6 Å². The third-order valence-corrected chi connectivity index (χ3v) is 4.31. The zero-order chi connectivity index (χ0) is 20.6. The van der Waals surface area contributed by atoms with Gasteiger partial charge >= 0.3 is 0 Å². The highest BCUT2D eigenvalue weighted by atomic mass is 35.5. The van der Waals surface area contributed by atoms with E-state index < -0.39 is 17.3 Å². The van der Waals surface area contributed by atoms with Crippen molar-refractivity contribution in [3.8, 4) is 0 Å². The first-order valence-corrected chi connectivity index (χ1v) is 8.41. The molecule has 2 aromatic heterocycles. The molecule has 3 rings (SSSR count). The molecule has 1 N–H and O–H groups in total. The van der Waals surface area contributed by atoms with Gasteiger partial charge < -0.3 is 5.32 Å². The zero-order valence-electron chi connectivity index (χ0n) is 14.7. The highest BCUT2D eigenvalue weighted by Crippen LogP contribution is 2.30. The van der Waals surface area contributed by atoms with Crippen LogP contribution in [0.5, 0.6) is 0 Å². The average Bonchev–Trinajstić information content (AvgIpc) is 2.91. The number of pyridine rings is 1. The molecule has 0 unspecified atom stereocenters. The topological polar surface area (TPSA) is 103 Å². The van der Waals surface area contributed by atoms with Crippen LogP contribution in [0.25, 0.3) is 11.0 Å². The number of nitrogens with zero attached hydrogens (tertiary/aromatic N) is 4. The summed E-state index contributed by atoms with van der Waals surface area (Å²) in [6, 6.07) is 4.92. The van der Waals surface area contributed by atoms with Crippen LogP contribution in [0, 0.1) is 24.0 Å². The standard InChI is InChI=1S/C17H14ClF2N5O3/c1-8-5-11(16(19)20)15-9(2)23-24(17(15)21-8)7-14(26)22-13-4-3-10(25(27)28)6-12(13)18/h3-6,16H,7H2,1-2H3,(H,22,26). The summed E-state index contributed by atoms with van der Waals surface area (Å²) in [5.41, 5.74) is 0.670. The predicted octanol–water partition coefficient (Wildman–Crippen LogP) is 4.19. The summed E-state index contributed by atoms with van der Waals surface area (Å²) in [4.78, 5) is 26.7. The van der Waals surface area contributed by atoms with Crippen molar-refractivity contribution in [1.29, 1.82) is 0 Å². The summed E-state index contributed by atoms with van der Waals surface area (Å²) in [5, 5.41) is 17.6. The molecule has 28 heavy (non-hydrogen) atoms. The lowest BCUT2D eigenvalue weighted by Gasteiger charge is -2.08. The van der Waals surface area contributed by atoms with Crippen molar-refractivity contribution in [3.63, 3.8) is 0 Å². The molecule has 0 bridgehead atoms. The number of non-ortho nitro benzene ring substituents is 1. The van der Waals surface area contributed by atoms with E-state index in [1.54, 1.807) is 13.8 Å². The summed E-state index contributed by atoms with van der Waals surface area (Å²) in [6.07, 6.45) is -2.70. The number of amides is 1. The van der Waals surface area contributed by atoms with Gasteiger partial charge in [0.15, 0.2) is 5.65 Å². The molecule has 146 valence electrons. The van der Waals surface area contributed by atoms with E-state index in [9.17, 15) is 23.7 Å². The van der Waals surface area contributed by atoms with Gasteiger partial charge in [-0.05, 0) is 26.0 Å². The number of rotatable bonds is 5. The van der Waals surface area contributed by atoms with Crippen molar-refractivity contribution in [1.82, 2.24) is 14.8 Å². The minimum atomic E-state index is -2.70. The fourth-order valence-corrected chi connectivity index (χ4v) is 3.07. The lowest BCUT2D eigenvalue weighted by molar-refractivity contribution is -0.384. The van der Waals surface area contributed by atoms with E-state index in [0.717, 1.165) is 6.07 Å². The van der Waals surface area contributed by atoms with E-state index in [0.29, 0.717) is 11.4 Å². The van der Waals surface area contributed by atoms with Gasteiger partial charge in [0, 0.05) is 23.4 Å². The molecule has 0 fully saturated rings. The van der Waals surface area contributed by atoms with Crippen LogP contribution in [0.4, 0.5) is 20.2 Å². The normalized spacial score (nSPS) is 11.2. The maximum absolute atomic E-state index is 13.3. The van der Waals surface area contributed by atoms with Crippen molar-refractivity contribution in [2.45, 2.75) is 26.8 Å². The van der Waals surface area contributed by atoms with Crippen LogP contribution in [0.3, 0.4) is 0 Å². The first-order valence-electron chi connectivity index (χ1n) is 8.04. The van der Waals surface area contributed by atoms with Gasteiger partial charge in [0.25, 0.3) is 12.1 Å². The molecule has 0 saturated carbocycles. The highest BCUT2D eigenvalue weighted by molar-refractivity contribution is 6.33. The molecule has 8 nitrogen and oxygen atoms in total. The summed E-state index contributed by atoms with van der Waals surface area (Å²) in [5.74, 6) is -0.540. The number of aromatic nitrogens is 3. The number of carbonyl (C=O) groups is 1. The van der Waals surface area contributed by atoms with Gasteiger partial charge in [-0.1, -0.05) is 11.6 Å². The highest BCUT2D eigenvalue weighted by Gasteiger charge is 2.21. The van der Waals surface area contributed by atoms with E-state index in [1.165, 1.54) is 22.9 Å². The Morgan fingerprint density at radius 2 is 2.07 bits per heavy atom. The second-order valence-corrected chi connectivity index (χ2v) is 6.47. The van der Waals surface area contributed by atoms with E-state index >= 15 is 0 Å². The number of hydrogen-bond donors (Lipinski definition) is 1. The molecular weight excluding hydrogens is 396 g/mol. The Morgan fingerprint density at radius 1 is 1.36 bits per heavy atom. The number of hydrogen-bond acceptors (Lipinski definition) is 5. The molecule has 3 aromatic rings. The zero-order valence-corrected chi connectivity index (χ0v) is 15.5. The Balaban J connectivity index is 1.89. The molecule has 0 saturated heterocycles. The lowest BCUT2D eigenvalue weighted by Crippen LogP contribution is -2.20. The van der Waals surface area contributed by atoms with Gasteiger partial charge in [0.1, 0.15) is 6.54 Å². The third-order valence-electron chi connectivity index (χ3n) is 4.00. The average molecular weight is 410 g/mol. The van der Waals surface area contributed by atoms with Crippen LogP contribution in [-0.2, 0) is 11.3 Å². The van der Waals surface area contributed by atoms with Crippen molar-refractivity contribution in [2.75, 3.05) is 5.32 Å². The third kappa shape index (κ3) is 3.77. The molecule has 0 aliphatic carbocycles. The van der Waals surface area contributed by atoms with Crippen LogP contribution in [0.1, 0.15) is 23.4 Å². The molecule has 0 aliphatic heterocycles. The predicted molar refractivity (Wildman–Crippen MR) is 98.7 cm³/mol. The van der Waals surface area contributed by atoms with Crippen LogP contribution >= 0.6 is 11.6 Å². The molecule has 0 aliphatic rings. The number of aryl methyl sites for hydroxylation is 2. The van der Waals surface area contributed by atoms with Gasteiger partial charge in [-0.15, -0.1) is 0 Å². The largest absolute Gasteiger partial charge is 0.323 e. The molecule has 1 amide bonds. The van der Waals surface area contributed by atoms with Gasteiger partial charge in [-0.2, -0.15) is 5.10 Å². The molecule has 11 heteroatoms. The quantitative estimate of drug-likeness (QED) is 0.502. The number of nitro benzene ring substituents is 1. The molecular formula is C17H14ClF2N5O3. The van der Waals surface area contributed by atoms with Gasteiger partial charge in [-0.25, -0.2) is 18.4 Å². The Morgan fingerprint density at radius 3 is 2.68 bits per heavy atom. The number of nitrogens with one attached hydrogen (secondary N) is 1. The monoisotopic (exact) mass is 409 g/mol. The van der Waals surface area contributed by atoms with E-state index in [4.69, 9.17) is 11.6 Å². The van der Waals surface area contributed by atoms with E-state index in [1.807, 2.05) is 0 Å². The molecule has 0 atom stereocenters. The van der Waals surface area contributed by atoms with Crippen molar-refractivity contribution in [2.24, 2.45) is 0 Å². The first kappa shape index (κ1) is 19.6. The Labute approximate surface area is 162 Å². The minimum Gasteiger partial charge on any atom is -0.323 e. The van der Waals surface area contributed by atoms with Gasteiger partial charge in [0.05, 0.1) is 26.7 Å². The Bertz CT molecular complexity index is 1100. The summed E-state index contributed by atoms with van der Waals surface area (Å²) in [6.45, 7) is 2.85. The van der Waals surface area contributed by atoms with Crippen molar-refractivity contribution >= 4 is 39.9 Å². The Hall–Kier alpha value is -3.14. The smallest absolute Gasteiger partial charge is 0.271 e. The fraction of sp³-hybridized carbons (Fsp3) is 0.235. The van der Waals surface area contributed by atoms with Gasteiger partial charge in [0.2, 0.25) is 5.91 Å². The summed E-state index contributed by atoms with van der Waals surface area (Å²) >= 11 is 5.96. The number of halogens is 3. The molecule has 1 aromatic carbocycles. The second kappa shape index (κ2) is 7.47. The van der Waals surface area contributed by atoms with E-state index in [2.05, 4.69) is 15.4 Å². The maximum atomic E-state index is 13.3. The SMILES string of the molecule is Cc1cc(C(F)F)c2c(C)nn(CC(=O)Nc3ccc([N+](=O)[O-])cc3Cl)c2n1. The number of benzene rings is 1. The number of nitro groups is 1. The molecule has 2 heterocycles. The molecule has 0 spiro atoms. The minimum absolute atomic E-state index is 0.00184. The number of carbonyl (C=O) groups excluding carboxylic acids is 1. The van der Waals surface area contributed by atoms with Crippen LogP contribution in [0.15, 0.2) is 24.3 Å². The lowest BCUT2D eigenvalue weighted by atomic mass is 10.1. The van der Waals surface area contributed by atoms with Gasteiger partial charge in [-0.3, -0.25) is 14.9 Å².